The van der Waals surface area contributed by atoms with Gasteiger partial charge < -0.3 is 14.2 Å². The van der Waals surface area contributed by atoms with Gasteiger partial charge in [0.15, 0.2) is 6.10 Å². The molecule has 1 N–H and O–H groups in total. The second kappa shape index (κ2) is 4.68. The highest BCUT2D eigenvalue weighted by molar-refractivity contribution is 5.77. The van der Waals surface area contributed by atoms with Crippen molar-refractivity contribution in [3.05, 3.63) is 60.2 Å². The zero-order valence-corrected chi connectivity index (χ0v) is 12.4. The Kier molecular flexibility index (Phi) is 2.77. The molecule has 0 saturated heterocycles. The number of rotatable bonds is 2. The van der Waals surface area contributed by atoms with E-state index in [0.717, 1.165) is 22.1 Å². The van der Waals surface area contributed by atoms with Crippen molar-refractivity contribution in [1.82, 2.24) is 19.1 Å². The van der Waals surface area contributed by atoms with E-state index in [9.17, 15) is 5.11 Å². The summed E-state index contributed by atoms with van der Waals surface area (Å²) in [6, 6.07) is 15.7. The molecule has 0 unspecified atom stereocenters. The number of fused-ring (bicyclic) bond motifs is 2. The van der Waals surface area contributed by atoms with Crippen LogP contribution < -0.4 is 0 Å². The largest absolute Gasteiger partial charge is 0.377 e. The van der Waals surface area contributed by atoms with Gasteiger partial charge in [0.2, 0.25) is 0 Å². The van der Waals surface area contributed by atoms with Crippen molar-refractivity contribution in [3.8, 4) is 0 Å². The third kappa shape index (κ3) is 1.76. The highest BCUT2D eigenvalue weighted by Crippen LogP contribution is 2.26. The van der Waals surface area contributed by atoms with Gasteiger partial charge in [0.25, 0.3) is 0 Å². The third-order valence-electron chi connectivity index (χ3n) is 4.13. The van der Waals surface area contributed by atoms with E-state index < -0.39 is 6.10 Å². The summed E-state index contributed by atoms with van der Waals surface area (Å²) in [6.45, 7) is 0. The fourth-order valence-electron chi connectivity index (χ4n) is 2.93. The number of benzene rings is 2. The molecule has 0 atom stereocenters. The zero-order chi connectivity index (χ0) is 15.3. The molecule has 0 spiro atoms. The molecule has 2 aromatic carbocycles. The highest BCUT2D eigenvalue weighted by atomic mass is 16.3. The molecular weight excluding hydrogens is 276 g/mol. The maximum Gasteiger partial charge on any atom is 0.169 e. The van der Waals surface area contributed by atoms with E-state index in [2.05, 4.69) is 9.97 Å². The number of aryl methyl sites for hydroxylation is 2. The first-order valence-electron chi connectivity index (χ1n) is 7.17. The van der Waals surface area contributed by atoms with Gasteiger partial charge in [0, 0.05) is 14.1 Å². The van der Waals surface area contributed by atoms with Gasteiger partial charge in [-0.3, -0.25) is 0 Å². The monoisotopic (exact) mass is 292 g/mol. The summed E-state index contributed by atoms with van der Waals surface area (Å²) in [6.07, 6.45) is -0.866. The molecular formula is C17H16N4O. The number of aliphatic hydroxyl groups excluding tert-OH is 1. The van der Waals surface area contributed by atoms with E-state index in [0.29, 0.717) is 11.6 Å². The molecule has 0 aliphatic heterocycles. The fraction of sp³-hybridized carbons (Fsp3) is 0.176. The van der Waals surface area contributed by atoms with Gasteiger partial charge in [-0.25, -0.2) is 9.97 Å². The molecule has 5 nitrogen and oxygen atoms in total. The van der Waals surface area contributed by atoms with Gasteiger partial charge in [0.05, 0.1) is 22.1 Å². The van der Waals surface area contributed by atoms with Crippen molar-refractivity contribution in [1.29, 1.82) is 0 Å². The Bertz CT molecular complexity index is 903. The van der Waals surface area contributed by atoms with Gasteiger partial charge in [-0.2, -0.15) is 0 Å². The van der Waals surface area contributed by atoms with Crippen molar-refractivity contribution in [2.75, 3.05) is 0 Å². The minimum atomic E-state index is -0.866. The lowest BCUT2D eigenvalue weighted by atomic mass is 10.3. The molecule has 2 heterocycles. The Balaban J connectivity index is 1.90. The molecule has 0 fully saturated rings. The lowest BCUT2D eigenvalue weighted by Crippen LogP contribution is -2.12. The molecule has 4 rings (SSSR count). The summed E-state index contributed by atoms with van der Waals surface area (Å²) in [7, 11) is 3.83. The molecule has 0 saturated carbocycles. The van der Waals surface area contributed by atoms with E-state index in [-0.39, 0.29) is 0 Å². The fourth-order valence-corrected chi connectivity index (χ4v) is 2.93. The van der Waals surface area contributed by atoms with Crippen LogP contribution in [-0.4, -0.2) is 24.2 Å². The quantitative estimate of drug-likeness (QED) is 0.617. The topological polar surface area (TPSA) is 55.9 Å². The van der Waals surface area contributed by atoms with Crippen LogP contribution in [0.25, 0.3) is 22.1 Å². The van der Waals surface area contributed by atoms with Crippen LogP contribution in [0, 0.1) is 0 Å². The molecule has 0 aliphatic rings. The molecule has 0 radical (unpaired) electrons. The van der Waals surface area contributed by atoms with E-state index in [1.54, 1.807) is 0 Å². The number of aromatic nitrogens is 4. The average molecular weight is 292 g/mol. The van der Waals surface area contributed by atoms with Crippen LogP contribution in [0.4, 0.5) is 0 Å². The maximum absolute atomic E-state index is 10.8. The van der Waals surface area contributed by atoms with E-state index in [1.165, 1.54) is 0 Å². The minimum absolute atomic E-state index is 0.597. The first-order valence-corrected chi connectivity index (χ1v) is 7.17. The zero-order valence-electron chi connectivity index (χ0n) is 12.4. The third-order valence-corrected chi connectivity index (χ3v) is 4.13. The van der Waals surface area contributed by atoms with Crippen LogP contribution in [-0.2, 0) is 14.1 Å². The van der Waals surface area contributed by atoms with Gasteiger partial charge in [-0.1, -0.05) is 24.3 Å². The number of hydrogen-bond donors (Lipinski definition) is 1. The van der Waals surface area contributed by atoms with Crippen molar-refractivity contribution in [3.63, 3.8) is 0 Å². The van der Waals surface area contributed by atoms with Crippen LogP contribution >= 0.6 is 0 Å². The maximum atomic E-state index is 10.8. The van der Waals surface area contributed by atoms with Crippen molar-refractivity contribution in [2.45, 2.75) is 6.10 Å². The highest BCUT2D eigenvalue weighted by Gasteiger charge is 2.23. The molecule has 0 aliphatic carbocycles. The molecule has 0 bridgehead atoms. The van der Waals surface area contributed by atoms with E-state index in [1.807, 2.05) is 71.8 Å². The first-order chi connectivity index (χ1) is 10.7. The molecule has 110 valence electrons. The molecule has 2 aromatic heterocycles. The number of aliphatic hydroxyl groups is 1. The normalized spacial score (nSPS) is 11.8. The van der Waals surface area contributed by atoms with Crippen molar-refractivity contribution >= 4 is 22.1 Å². The summed E-state index contributed by atoms with van der Waals surface area (Å²) in [5.74, 6) is 1.19. The average Bonchev–Trinajstić information content (AvgIpc) is 3.06. The van der Waals surface area contributed by atoms with Crippen molar-refractivity contribution < 1.29 is 5.11 Å². The Morgan fingerprint density at radius 3 is 1.59 bits per heavy atom. The smallest absolute Gasteiger partial charge is 0.169 e. The second-order valence-corrected chi connectivity index (χ2v) is 5.44. The minimum Gasteiger partial charge on any atom is -0.377 e. The number of nitrogens with zero attached hydrogens (tertiary/aromatic N) is 4. The van der Waals surface area contributed by atoms with Gasteiger partial charge >= 0.3 is 0 Å². The molecule has 0 amide bonds. The summed E-state index contributed by atoms with van der Waals surface area (Å²) in [5.41, 5.74) is 3.74. The molecule has 4 aromatic rings. The van der Waals surface area contributed by atoms with Crippen LogP contribution in [0.5, 0.6) is 0 Å². The number of hydrogen-bond acceptors (Lipinski definition) is 3. The Morgan fingerprint density at radius 2 is 1.18 bits per heavy atom. The number of imidazole rings is 2. The van der Waals surface area contributed by atoms with Gasteiger partial charge in [-0.05, 0) is 24.3 Å². The summed E-state index contributed by atoms with van der Waals surface area (Å²) >= 11 is 0. The van der Waals surface area contributed by atoms with E-state index in [4.69, 9.17) is 0 Å². The van der Waals surface area contributed by atoms with Gasteiger partial charge in [-0.15, -0.1) is 0 Å². The summed E-state index contributed by atoms with van der Waals surface area (Å²) in [5, 5.41) is 10.8. The lowest BCUT2D eigenvalue weighted by Gasteiger charge is -2.10. The Labute approximate surface area is 127 Å². The predicted octanol–water partition coefficient (Wildman–Crippen LogP) is 2.54. The lowest BCUT2D eigenvalue weighted by molar-refractivity contribution is 0.194. The van der Waals surface area contributed by atoms with Crippen molar-refractivity contribution in [2.24, 2.45) is 14.1 Å². The first kappa shape index (κ1) is 13.0. The SMILES string of the molecule is Cn1c(C(O)c2nc3ccccc3n2C)nc2ccccc21. The number of para-hydroxylation sites is 4. The van der Waals surface area contributed by atoms with Crippen LogP contribution in [0.15, 0.2) is 48.5 Å². The van der Waals surface area contributed by atoms with Gasteiger partial charge in [0.1, 0.15) is 11.6 Å². The van der Waals surface area contributed by atoms with Crippen LogP contribution in [0.2, 0.25) is 0 Å². The summed E-state index contributed by atoms with van der Waals surface area (Å²) < 4.78 is 3.83. The van der Waals surface area contributed by atoms with Crippen LogP contribution in [0.1, 0.15) is 17.8 Å². The molecule has 22 heavy (non-hydrogen) atoms. The Hall–Kier alpha value is -2.66. The Morgan fingerprint density at radius 1 is 0.773 bits per heavy atom. The summed E-state index contributed by atoms with van der Waals surface area (Å²) in [4.78, 5) is 9.12. The predicted molar refractivity (Wildman–Crippen MR) is 85.5 cm³/mol. The van der Waals surface area contributed by atoms with E-state index >= 15 is 0 Å². The molecule has 5 heteroatoms. The second-order valence-electron chi connectivity index (χ2n) is 5.44. The standard InChI is InChI=1S/C17H16N4O/c1-20-13-9-5-3-7-11(13)18-16(20)15(22)17-19-12-8-4-6-10-14(12)21(17)2/h3-10,15,22H,1-2H3. The van der Waals surface area contributed by atoms with Crippen LogP contribution in [0.3, 0.4) is 0 Å².